The van der Waals surface area contributed by atoms with E-state index in [9.17, 15) is 9.59 Å². The van der Waals surface area contributed by atoms with Crippen molar-refractivity contribution in [1.29, 1.82) is 0 Å². The Kier molecular flexibility index (Phi) is 5.35. The van der Waals surface area contributed by atoms with E-state index in [2.05, 4.69) is 17.0 Å². The van der Waals surface area contributed by atoms with Gasteiger partial charge in [0.05, 0.1) is 6.54 Å². The minimum atomic E-state index is 0.0799. The first-order valence-electron chi connectivity index (χ1n) is 9.92. The number of carbonyl (C=O) groups excluding carboxylic acids is 2. The summed E-state index contributed by atoms with van der Waals surface area (Å²) < 4.78 is 0. The van der Waals surface area contributed by atoms with E-state index >= 15 is 0 Å². The Morgan fingerprint density at radius 3 is 2.22 bits per heavy atom. The minimum absolute atomic E-state index is 0.0799. The highest BCUT2D eigenvalue weighted by atomic mass is 16.2. The second-order valence-electron chi connectivity index (χ2n) is 7.55. The van der Waals surface area contributed by atoms with Gasteiger partial charge in [0.1, 0.15) is 0 Å². The van der Waals surface area contributed by atoms with Gasteiger partial charge >= 0.3 is 0 Å². The van der Waals surface area contributed by atoms with Crippen LogP contribution >= 0.6 is 0 Å². The third kappa shape index (κ3) is 4.11. The van der Waals surface area contributed by atoms with E-state index in [0.29, 0.717) is 19.6 Å². The Morgan fingerprint density at radius 1 is 0.778 bits per heavy atom. The van der Waals surface area contributed by atoms with Crippen LogP contribution in [-0.2, 0) is 12.8 Å². The first-order valence-corrected chi connectivity index (χ1v) is 9.92. The fraction of sp³-hybridized carbons (Fsp3) is 0.391. The molecule has 4 heteroatoms. The summed E-state index contributed by atoms with van der Waals surface area (Å²) in [7, 11) is 0. The maximum Gasteiger partial charge on any atom is 0.253 e. The number of benzene rings is 2. The Hall–Kier alpha value is -2.46. The average Bonchev–Trinajstić information content (AvgIpc) is 2.74. The van der Waals surface area contributed by atoms with Crippen LogP contribution in [0.5, 0.6) is 0 Å². The third-order valence-corrected chi connectivity index (χ3v) is 5.72. The van der Waals surface area contributed by atoms with Gasteiger partial charge in [-0.05, 0) is 55.0 Å². The van der Waals surface area contributed by atoms with Crippen molar-refractivity contribution in [1.82, 2.24) is 9.80 Å². The van der Waals surface area contributed by atoms with Crippen LogP contribution in [0.2, 0.25) is 0 Å². The molecule has 0 spiro atoms. The maximum absolute atomic E-state index is 12.7. The van der Waals surface area contributed by atoms with Gasteiger partial charge in [0, 0.05) is 37.3 Å². The molecule has 27 heavy (non-hydrogen) atoms. The first kappa shape index (κ1) is 17.9. The van der Waals surface area contributed by atoms with Crippen LogP contribution in [-0.4, -0.2) is 54.2 Å². The fourth-order valence-corrected chi connectivity index (χ4v) is 4.07. The molecule has 4 rings (SSSR count). The molecule has 140 valence electrons. The molecule has 0 atom stereocenters. The van der Waals surface area contributed by atoms with Crippen molar-refractivity contribution in [2.24, 2.45) is 0 Å². The topological polar surface area (TPSA) is 40.6 Å². The monoisotopic (exact) mass is 362 g/mol. The predicted octanol–water partition coefficient (Wildman–Crippen LogP) is 3.21. The molecule has 1 fully saturated rings. The summed E-state index contributed by atoms with van der Waals surface area (Å²) in [6, 6.07) is 15.6. The molecule has 0 bridgehead atoms. The lowest BCUT2D eigenvalue weighted by molar-refractivity contribution is 0.0624. The van der Waals surface area contributed by atoms with Crippen molar-refractivity contribution in [2.75, 3.05) is 32.7 Å². The Bertz CT molecular complexity index is 824. The van der Waals surface area contributed by atoms with Gasteiger partial charge in [-0.15, -0.1) is 0 Å². The molecule has 4 nitrogen and oxygen atoms in total. The number of fused-ring (bicyclic) bond motifs is 1. The van der Waals surface area contributed by atoms with Crippen LogP contribution in [0.4, 0.5) is 0 Å². The van der Waals surface area contributed by atoms with Crippen molar-refractivity contribution < 1.29 is 9.59 Å². The standard InChI is InChI=1S/C23H26N2O2/c26-22(21-11-10-18-6-4-5-9-20(18)16-21)17-24-12-14-25(15-13-24)23(27)19-7-2-1-3-8-19/h1-3,7-8,10-11,16H,4-6,9,12-15,17H2. The first-order chi connectivity index (χ1) is 13.2. The second kappa shape index (κ2) is 8.05. The van der Waals surface area contributed by atoms with Crippen LogP contribution in [0.3, 0.4) is 0 Å². The van der Waals surface area contributed by atoms with Crippen LogP contribution in [0.1, 0.15) is 44.7 Å². The van der Waals surface area contributed by atoms with Gasteiger partial charge in [-0.2, -0.15) is 0 Å². The fourth-order valence-electron chi connectivity index (χ4n) is 4.07. The molecule has 1 saturated heterocycles. The van der Waals surface area contributed by atoms with Crippen molar-refractivity contribution in [3.8, 4) is 0 Å². The van der Waals surface area contributed by atoms with E-state index in [4.69, 9.17) is 0 Å². The molecule has 1 aliphatic heterocycles. The third-order valence-electron chi connectivity index (χ3n) is 5.72. The highest BCUT2D eigenvalue weighted by Gasteiger charge is 2.23. The summed E-state index contributed by atoms with van der Waals surface area (Å²) in [5, 5.41) is 0. The lowest BCUT2D eigenvalue weighted by atomic mass is 9.90. The quantitative estimate of drug-likeness (QED) is 0.784. The van der Waals surface area contributed by atoms with Crippen molar-refractivity contribution >= 4 is 11.7 Å². The average molecular weight is 362 g/mol. The highest BCUT2D eigenvalue weighted by molar-refractivity contribution is 5.98. The lowest BCUT2D eigenvalue weighted by Crippen LogP contribution is -2.49. The van der Waals surface area contributed by atoms with Gasteiger partial charge in [-0.1, -0.05) is 30.3 Å². The molecule has 0 radical (unpaired) electrons. The van der Waals surface area contributed by atoms with Crippen LogP contribution in [0, 0.1) is 0 Å². The summed E-state index contributed by atoms with van der Waals surface area (Å²) in [6.07, 6.45) is 4.71. The van der Waals surface area contributed by atoms with Gasteiger partial charge in [0.2, 0.25) is 0 Å². The number of Topliss-reactive ketones (excluding diaryl/α,β-unsaturated/α-hetero) is 1. The Morgan fingerprint density at radius 2 is 1.48 bits per heavy atom. The summed E-state index contributed by atoms with van der Waals surface area (Å²) in [6.45, 7) is 3.27. The van der Waals surface area contributed by atoms with Crippen LogP contribution < -0.4 is 0 Å². The maximum atomic E-state index is 12.7. The minimum Gasteiger partial charge on any atom is -0.336 e. The predicted molar refractivity (Wildman–Crippen MR) is 106 cm³/mol. The second-order valence-corrected chi connectivity index (χ2v) is 7.55. The number of piperazine rings is 1. The summed E-state index contributed by atoms with van der Waals surface area (Å²) >= 11 is 0. The smallest absolute Gasteiger partial charge is 0.253 e. The van der Waals surface area contributed by atoms with Gasteiger partial charge in [-0.25, -0.2) is 0 Å². The largest absolute Gasteiger partial charge is 0.336 e. The Balaban J connectivity index is 1.32. The summed E-state index contributed by atoms with van der Waals surface area (Å²) in [4.78, 5) is 29.3. The number of hydrogen-bond acceptors (Lipinski definition) is 3. The zero-order chi connectivity index (χ0) is 18.6. The summed E-state index contributed by atoms with van der Waals surface area (Å²) in [5.41, 5.74) is 4.32. The van der Waals surface area contributed by atoms with Gasteiger partial charge in [-0.3, -0.25) is 14.5 Å². The number of nitrogens with zero attached hydrogens (tertiary/aromatic N) is 2. The molecule has 2 aromatic rings. The van der Waals surface area contributed by atoms with Crippen molar-refractivity contribution in [3.05, 3.63) is 70.8 Å². The SMILES string of the molecule is O=C(CN1CCN(C(=O)c2ccccc2)CC1)c1ccc2c(c1)CCCC2. The van der Waals surface area contributed by atoms with Gasteiger partial charge in [0.25, 0.3) is 5.91 Å². The molecule has 0 unspecified atom stereocenters. The number of hydrogen-bond donors (Lipinski definition) is 0. The van der Waals surface area contributed by atoms with Crippen molar-refractivity contribution in [3.63, 3.8) is 0 Å². The van der Waals surface area contributed by atoms with E-state index in [-0.39, 0.29) is 11.7 Å². The normalized spacial score (nSPS) is 17.4. The zero-order valence-corrected chi connectivity index (χ0v) is 15.7. The van der Waals surface area contributed by atoms with Crippen LogP contribution in [0.15, 0.2) is 48.5 Å². The zero-order valence-electron chi connectivity index (χ0n) is 15.7. The molecule has 2 aromatic carbocycles. The van der Waals surface area contributed by atoms with E-state index in [1.165, 1.54) is 24.0 Å². The van der Waals surface area contributed by atoms with Gasteiger partial charge < -0.3 is 4.90 Å². The number of carbonyl (C=O) groups is 2. The highest BCUT2D eigenvalue weighted by Crippen LogP contribution is 2.22. The number of ketones is 1. The molecule has 0 N–H and O–H groups in total. The number of rotatable bonds is 4. The molecule has 1 heterocycles. The molecule has 2 aliphatic rings. The lowest BCUT2D eigenvalue weighted by Gasteiger charge is -2.34. The molecule has 1 aliphatic carbocycles. The van der Waals surface area contributed by atoms with E-state index in [1.54, 1.807) is 0 Å². The van der Waals surface area contributed by atoms with Crippen molar-refractivity contribution in [2.45, 2.75) is 25.7 Å². The number of amides is 1. The van der Waals surface area contributed by atoms with Gasteiger partial charge in [0.15, 0.2) is 5.78 Å². The van der Waals surface area contributed by atoms with Crippen LogP contribution in [0.25, 0.3) is 0 Å². The Labute approximate surface area is 160 Å². The molecular weight excluding hydrogens is 336 g/mol. The molecule has 0 aromatic heterocycles. The molecular formula is C23H26N2O2. The summed E-state index contributed by atoms with van der Waals surface area (Å²) in [5.74, 6) is 0.266. The number of aryl methyl sites for hydroxylation is 2. The van der Waals surface area contributed by atoms with E-state index in [0.717, 1.165) is 37.1 Å². The molecule has 1 amide bonds. The molecule has 0 saturated carbocycles. The van der Waals surface area contributed by atoms with E-state index < -0.39 is 0 Å². The van der Waals surface area contributed by atoms with E-state index in [1.807, 2.05) is 41.3 Å².